The highest BCUT2D eigenvalue weighted by molar-refractivity contribution is 5.77. The van der Waals surface area contributed by atoms with E-state index in [0.717, 1.165) is 0 Å². The zero-order valence-electron chi connectivity index (χ0n) is 9.73. The monoisotopic (exact) mass is 243 g/mol. The maximum atomic E-state index is 11.6. The van der Waals surface area contributed by atoms with Crippen LogP contribution in [0, 0.1) is 5.92 Å². The Labute approximate surface area is 99.2 Å². The largest absolute Gasteiger partial charge is 0.481 e. The molecule has 1 aliphatic rings. The molecule has 1 saturated heterocycles. The van der Waals surface area contributed by atoms with Crippen LogP contribution in [0.15, 0.2) is 0 Å². The molecule has 3 amide bonds. The molecule has 0 aliphatic carbocycles. The lowest BCUT2D eigenvalue weighted by Crippen LogP contribution is -2.42. The third-order valence-electron chi connectivity index (χ3n) is 2.60. The highest BCUT2D eigenvalue weighted by Crippen LogP contribution is 2.15. The quantitative estimate of drug-likeness (QED) is 0.565. The highest BCUT2D eigenvalue weighted by atomic mass is 16.4. The lowest BCUT2D eigenvalue weighted by Gasteiger charge is -2.16. The first-order valence-electron chi connectivity index (χ1n) is 5.50. The number of hydrogen-bond donors (Lipinski definition) is 3. The number of likely N-dealkylation sites (tertiary alicyclic amines) is 1. The van der Waals surface area contributed by atoms with Crippen LogP contribution >= 0.6 is 0 Å². The van der Waals surface area contributed by atoms with Gasteiger partial charge in [0, 0.05) is 33.1 Å². The Balaban J connectivity index is 2.21. The van der Waals surface area contributed by atoms with Gasteiger partial charge in [-0.1, -0.05) is 0 Å². The van der Waals surface area contributed by atoms with Crippen molar-refractivity contribution in [2.45, 2.75) is 13.3 Å². The van der Waals surface area contributed by atoms with E-state index < -0.39 is 11.9 Å². The van der Waals surface area contributed by atoms with Crippen molar-refractivity contribution < 1.29 is 19.5 Å². The van der Waals surface area contributed by atoms with Gasteiger partial charge in [0.05, 0.1) is 5.92 Å². The van der Waals surface area contributed by atoms with Crippen molar-refractivity contribution in [1.29, 1.82) is 0 Å². The maximum absolute atomic E-state index is 11.6. The van der Waals surface area contributed by atoms with Crippen LogP contribution in [0.1, 0.15) is 13.3 Å². The fourth-order valence-electron chi connectivity index (χ4n) is 1.67. The second-order valence-electron chi connectivity index (χ2n) is 3.98. The van der Waals surface area contributed by atoms with Gasteiger partial charge in [-0.15, -0.1) is 0 Å². The molecule has 0 aromatic rings. The predicted molar refractivity (Wildman–Crippen MR) is 59.4 cm³/mol. The van der Waals surface area contributed by atoms with Crippen molar-refractivity contribution in [3.05, 3.63) is 0 Å². The number of hydrogen-bond acceptors (Lipinski definition) is 3. The summed E-state index contributed by atoms with van der Waals surface area (Å²) in [5.41, 5.74) is 0. The molecule has 0 saturated carbocycles. The van der Waals surface area contributed by atoms with Gasteiger partial charge >= 0.3 is 12.0 Å². The first-order valence-corrected chi connectivity index (χ1v) is 5.50. The fraction of sp³-hybridized carbons (Fsp3) is 0.700. The summed E-state index contributed by atoms with van der Waals surface area (Å²) in [7, 11) is 0. The zero-order chi connectivity index (χ0) is 12.8. The summed E-state index contributed by atoms with van der Waals surface area (Å²) < 4.78 is 0. The van der Waals surface area contributed by atoms with Crippen LogP contribution < -0.4 is 10.6 Å². The lowest BCUT2D eigenvalue weighted by molar-refractivity contribution is -0.141. The number of carbonyl (C=O) groups is 3. The SMILES string of the molecule is CC(=O)NCCNC(=O)N1CCC(C(=O)O)C1. The number of carboxylic acid groups (broad SMARTS) is 1. The molecule has 0 aromatic heterocycles. The van der Waals surface area contributed by atoms with Crippen molar-refractivity contribution in [2.75, 3.05) is 26.2 Å². The molecule has 3 N–H and O–H groups in total. The molecule has 1 rings (SSSR count). The number of amides is 3. The van der Waals surface area contributed by atoms with E-state index in [0.29, 0.717) is 26.1 Å². The van der Waals surface area contributed by atoms with Crippen LogP contribution in [0.25, 0.3) is 0 Å². The van der Waals surface area contributed by atoms with Crippen LogP contribution in [0.3, 0.4) is 0 Å². The molecule has 0 radical (unpaired) electrons. The Morgan fingerprint density at radius 1 is 1.29 bits per heavy atom. The van der Waals surface area contributed by atoms with E-state index in [9.17, 15) is 14.4 Å². The topological polar surface area (TPSA) is 98.7 Å². The van der Waals surface area contributed by atoms with Gasteiger partial charge in [-0.25, -0.2) is 4.79 Å². The number of nitrogens with zero attached hydrogens (tertiary/aromatic N) is 1. The van der Waals surface area contributed by atoms with E-state index >= 15 is 0 Å². The van der Waals surface area contributed by atoms with Crippen molar-refractivity contribution in [2.24, 2.45) is 5.92 Å². The van der Waals surface area contributed by atoms with Crippen molar-refractivity contribution in [1.82, 2.24) is 15.5 Å². The Morgan fingerprint density at radius 2 is 1.94 bits per heavy atom. The third kappa shape index (κ3) is 4.29. The number of nitrogens with one attached hydrogen (secondary N) is 2. The molecular weight excluding hydrogens is 226 g/mol. The summed E-state index contributed by atoms with van der Waals surface area (Å²) in [5, 5.41) is 14.0. The molecular formula is C10H17N3O4. The van der Waals surface area contributed by atoms with Crippen molar-refractivity contribution >= 4 is 17.9 Å². The van der Waals surface area contributed by atoms with Crippen molar-refractivity contribution in [3.8, 4) is 0 Å². The summed E-state index contributed by atoms with van der Waals surface area (Å²) >= 11 is 0. The molecule has 7 heteroatoms. The maximum Gasteiger partial charge on any atom is 0.317 e. The predicted octanol–water partition coefficient (Wildman–Crippen LogP) is -0.761. The minimum Gasteiger partial charge on any atom is -0.481 e. The molecule has 0 aromatic carbocycles. The second-order valence-corrected chi connectivity index (χ2v) is 3.98. The van der Waals surface area contributed by atoms with Gasteiger partial charge in [0.1, 0.15) is 0 Å². The molecule has 0 spiro atoms. The average molecular weight is 243 g/mol. The minimum absolute atomic E-state index is 0.147. The van der Waals surface area contributed by atoms with Gasteiger partial charge < -0.3 is 20.6 Å². The van der Waals surface area contributed by atoms with E-state index in [1.807, 2.05) is 0 Å². The summed E-state index contributed by atoms with van der Waals surface area (Å²) in [6, 6.07) is -0.279. The van der Waals surface area contributed by atoms with Gasteiger partial charge in [-0.2, -0.15) is 0 Å². The summed E-state index contributed by atoms with van der Waals surface area (Å²) in [6.45, 7) is 2.83. The molecule has 1 heterocycles. The van der Waals surface area contributed by atoms with Crippen LogP contribution in [0.4, 0.5) is 4.79 Å². The number of rotatable bonds is 4. The first kappa shape index (κ1) is 13.3. The van der Waals surface area contributed by atoms with E-state index in [2.05, 4.69) is 10.6 Å². The van der Waals surface area contributed by atoms with Crippen LogP contribution in [0.5, 0.6) is 0 Å². The Kier molecular flexibility index (Phi) is 4.74. The molecule has 0 bridgehead atoms. The van der Waals surface area contributed by atoms with Crippen LogP contribution in [-0.4, -0.2) is 54.1 Å². The standard InChI is InChI=1S/C10H17N3O4/c1-7(14)11-3-4-12-10(17)13-5-2-8(6-13)9(15)16/h8H,2-6H2,1H3,(H,11,14)(H,12,17)(H,15,16). The number of carboxylic acids is 1. The van der Waals surface area contributed by atoms with E-state index in [4.69, 9.17) is 5.11 Å². The second kappa shape index (κ2) is 6.07. The van der Waals surface area contributed by atoms with Crippen LogP contribution in [0.2, 0.25) is 0 Å². The summed E-state index contributed by atoms with van der Waals surface area (Å²) in [4.78, 5) is 34.3. The Bertz CT molecular complexity index is 319. The van der Waals surface area contributed by atoms with E-state index in [1.54, 1.807) is 0 Å². The van der Waals surface area contributed by atoms with Gasteiger partial charge in [-0.3, -0.25) is 9.59 Å². The number of aliphatic carboxylic acids is 1. The molecule has 1 aliphatic heterocycles. The van der Waals surface area contributed by atoms with Gasteiger partial charge in [0.25, 0.3) is 0 Å². The molecule has 96 valence electrons. The van der Waals surface area contributed by atoms with E-state index in [1.165, 1.54) is 11.8 Å². The molecule has 1 fully saturated rings. The lowest BCUT2D eigenvalue weighted by atomic mass is 10.1. The number of urea groups is 1. The number of carbonyl (C=O) groups excluding carboxylic acids is 2. The summed E-state index contributed by atoms with van der Waals surface area (Å²) in [5.74, 6) is -1.47. The van der Waals surface area contributed by atoms with Gasteiger partial charge in [-0.05, 0) is 6.42 Å². The molecule has 1 atom stereocenters. The van der Waals surface area contributed by atoms with E-state index in [-0.39, 0.29) is 18.5 Å². The van der Waals surface area contributed by atoms with Gasteiger partial charge in [0.2, 0.25) is 5.91 Å². The van der Waals surface area contributed by atoms with Crippen molar-refractivity contribution in [3.63, 3.8) is 0 Å². The average Bonchev–Trinajstić information content (AvgIpc) is 2.73. The normalized spacial score (nSPS) is 18.9. The minimum atomic E-state index is -0.862. The Morgan fingerprint density at radius 3 is 2.47 bits per heavy atom. The molecule has 7 nitrogen and oxygen atoms in total. The highest BCUT2D eigenvalue weighted by Gasteiger charge is 2.30. The molecule has 1 unspecified atom stereocenters. The third-order valence-corrected chi connectivity index (χ3v) is 2.60. The first-order chi connectivity index (χ1) is 8.00. The van der Waals surface area contributed by atoms with Gasteiger partial charge in [0.15, 0.2) is 0 Å². The Hall–Kier alpha value is -1.79. The smallest absolute Gasteiger partial charge is 0.317 e. The molecule has 17 heavy (non-hydrogen) atoms. The fourth-order valence-corrected chi connectivity index (χ4v) is 1.67. The zero-order valence-corrected chi connectivity index (χ0v) is 9.73. The summed E-state index contributed by atoms with van der Waals surface area (Å²) in [6.07, 6.45) is 0.494. The van der Waals surface area contributed by atoms with Crippen LogP contribution in [-0.2, 0) is 9.59 Å².